The second-order valence-corrected chi connectivity index (χ2v) is 5.04. The van der Waals surface area contributed by atoms with Gasteiger partial charge in [0.05, 0.1) is 6.54 Å². The van der Waals surface area contributed by atoms with E-state index >= 15 is 0 Å². The van der Waals surface area contributed by atoms with Crippen LogP contribution in [0.25, 0.3) is 0 Å². The topological polar surface area (TPSA) is 37.4 Å². The fourth-order valence-corrected chi connectivity index (χ4v) is 2.54. The van der Waals surface area contributed by atoms with Gasteiger partial charge in [-0.15, -0.1) is 0 Å². The monoisotopic (exact) mass is 283 g/mol. The van der Waals surface area contributed by atoms with Gasteiger partial charge in [0.1, 0.15) is 5.82 Å². The maximum Gasteiger partial charge on any atom is 0.227 e. The minimum atomic E-state index is -0.383. The molecule has 3 nitrogen and oxygen atoms in total. The second-order valence-electron chi connectivity index (χ2n) is 5.04. The Labute approximate surface area is 122 Å². The van der Waals surface area contributed by atoms with Crippen LogP contribution in [0.4, 0.5) is 10.1 Å². The number of amides is 1. The summed E-state index contributed by atoms with van der Waals surface area (Å²) in [6.07, 6.45) is 1.12. The number of carbonyl (C=O) groups excluding carboxylic acids is 2. The summed E-state index contributed by atoms with van der Waals surface area (Å²) in [6, 6.07) is 13.0. The Hall–Kier alpha value is -2.49. The van der Waals surface area contributed by atoms with E-state index in [1.165, 1.54) is 29.2 Å². The number of halogens is 1. The van der Waals surface area contributed by atoms with Crippen molar-refractivity contribution in [1.29, 1.82) is 0 Å². The van der Waals surface area contributed by atoms with Gasteiger partial charge in [-0.2, -0.15) is 0 Å². The number of aryl methyl sites for hydroxylation is 1. The third-order valence-electron chi connectivity index (χ3n) is 3.66. The number of anilines is 1. The highest BCUT2D eigenvalue weighted by atomic mass is 19.1. The summed E-state index contributed by atoms with van der Waals surface area (Å²) in [5.41, 5.74) is 2.28. The number of rotatable bonds is 3. The molecule has 0 saturated carbocycles. The predicted molar refractivity (Wildman–Crippen MR) is 77.8 cm³/mol. The molecule has 2 aromatic rings. The molecule has 0 radical (unpaired) electrons. The molecular weight excluding hydrogens is 269 g/mol. The van der Waals surface area contributed by atoms with Gasteiger partial charge >= 0.3 is 0 Å². The quantitative estimate of drug-likeness (QED) is 0.812. The van der Waals surface area contributed by atoms with Gasteiger partial charge < -0.3 is 4.90 Å². The minimum Gasteiger partial charge on any atom is -0.304 e. The van der Waals surface area contributed by atoms with Crippen LogP contribution in [-0.2, 0) is 11.2 Å². The van der Waals surface area contributed by atoms with Gasteiger partial charge in [-0.1, -0.05) is 18.2 Å². The number of nitrogens with zero attached hydrogens (tertiary/aromatic N) is 1. The van der Waals surface area contributed by atoms with Crippen LogP contribution in [0, 0.1) is 5.82 Å². The van der Waals surface area contributed by atoms with E-state index in [4.69, 9.17) is 0 Å². The van der Waals surface area contributed by atoms with Crippen molar-refractivity contribution in [2.24, 2.45) is 0 Å². The van der Waals surface area contributed by atoms with Crippen molar-refractivity contribution in [2.75, 3.05) is 11.4 Å². The van der Waals surface area contributed by atoms with Crippen molar-refractivity contribution in [2.45, 2.75) is 12.8 Å². The first-order valence-electron chi connectivity index (χ1n) is 6.82. The first-order chi connectivity index (χ1) is 10.1. The third-order valence-corrected chi connectivity index (χ3v) is 3.66. The normalized spacial score (nSPS) is 14.0. The van der Waals surface area contributed by atoms with Crippen molar-refractivity contribution in [1.82, 2.24) is 0 Å². The molecule has 3 rings (SSSR count). The van der Waals surface area contributed by atoms with Gasteiger partial charge in [-0.3, -0.25) is 9.59 Å². The molecule has 1 amide bonds. The fourth-order valence-electron chi connectivity index (χ4n) is 2.54. The molecule has 0 atom stereocenters. The summed E-state index contributed by atoms with van der Waals surface area (Å²) in [5.74, 6) is -0.629. The summed E-state index contributed by atoms with van der Waals surface area (Å²) in [5, 5.41) is 0. The molecule has 0 N–H and O–H groups in total. The summed E-state index contributed by atoms with van der Waals surface area (Å²) in [7, 11) is 0. The van der Waals surface area contributed by atoms with E-state index in [1.54, 1.807) is 0 Å². The maximum atomic E-state index is 12.9. The molecule has 0 spiro atoms. The second kappa shape index (κ2) is 5.48. The lowest BCUT2D eigenvalue weighted by Crippen LogP contribution is -2.39. The molecular formula is C17H14FNO2. The van der Waals surface area contributed by atoms with E-state index in [-0.39, 0.29) is 24.1 Å². The third kappa shape index (κ3) is 2.70. The number of para-hydroxylation sites is 1. The van der Waals surface area contributed by atoms with Gasteiger partial charge in [0.2, 0.25) is 5.91 Å². The van der Waals surface area contributed by atoms with Gasteiger partial charge in [0.15, 0.2) is 5.78 Å². The lowest BCUT2D eigenvalue weighted by molar-refractivity contribution is -0.118. The van der Waals surface area contributed by atoms with Crippen molar-refractivity contribution >= 4 is 17.4 Å². The van der Waals surface area contributed by atoms with E-state index < -0.39 is 0 Å². The SMILES string of the molecule is O=C(CN1C(=O)CCc2ccccc21)c1ccc(F)cc1. The highest BCUT2D eigenvalue weighted by Gasteiger charge is 2.25. The van der Waals surface area contributed by atoms with Gasteiger partial charge in [-0.25, -0.2) is 4.39 Å². The molecule has 1 heterocycles. The molecule has 0 unspecified atom stereocenters. The zero-order valence-electron chi connectivity index (χ0n) is 11.4. The smallest absolute Gasteiger partial charge is 0.227 e. The number of Topliss-reactive ketones (excluding diaryl/α,β-unsaturated/α-hetero) is 1. The highest BCUT2D eigenvalue weighted by molar-refractivity contribution is 6.06. The minimum absolute atomic E-state index is 0.0124. The Morgan fingerprint density at radius 2 is 1.76 bits per heavy atom. The molecule has 0 bridgehead atoms. The maximum absolute atomic E-state index is 12.9. The van der Waals surface area contributed by atoms with Crippen molar-refractivity contribution in [3.05, 3.63) is 65.5 Å². The number of carbonyl (C=O) groups is 2. The van der Waals surface area contributed by atoms with E-state index in [9.17, 15) is 14.0 Å². The van der Waals surface area contributed by atoms with Crippen molar-refractivity contribution < 1.29 is 14.0 Å². The summed E-state index contributed by atoms with van der Waals surface area (Å²) in [6.45, 7) is -0.0124. The first kappa shape index (κ1) is 13.5. The summed E-state index contributed by atoms with van der Waals surface area (Å²) < 4.78 is 12.9. The zero-order valence-corrected chi connectivity index (χ0v) is 11.4. The average molecular weight is 283 g/mol. The molecule has 1 aliphatic heterocycles. The number of hydrogen-bond acceptors (Lipinski definition) is 2. The van der Waals surface area contributed by atoms with Gasteiger partial charge in [0.25, 0.3) is 0 Å². The lowest BCUT2D eigenvalue weighted by Gasteiger charge is -2.28. The Morgan fingerprint density at radius 1 is 1.05 bits per heavy atom. The van der Waals surface area contributed by atoms with E-state index in [0.29, 0.717) is 18.4 Å². The predicted octanol–water partition coefficient (Wildman–Crippen LogP) is 2.99. The van der Waals surface area contributed by atoms with Gasteiger partial charge in [0, 0.05) is 17.7 Å². The molecule has 0 aliphatic carbocycles. The van der Waals surface area contributed by atoms with Crippen LogP contribution in [0.2, 0.25) is 0 Å². The van der Waals surface area contributed by atoms with Crippen molar-refractivity contribution in [3.63, 3.8) is 0 Å². The van der Waals surface area contributed by atoms with E-state index in [2.05, 4.69) is 0 Å². The van der Waals surface area contributed by atoms with Crippen LogP contribution >= 0.6 is 0 Å². The Kier molecular flexibility index (Phi) is 3.52. The summed E-state index contributed by atoms with van der Waals surface area (Å²) in [4.78, 5) is 25.9. The molecule has 4 heteroatoms. The van der Waals surface area contributed by atoms with Crippen LogP contribution in [-0.4, -0.2) is 18.2 Å². The number of fused-ring (bicyclic) bond motifs is 1. The van der Waals surface area contributed by atoms with Crippen LogP contribution < -0.4 is 4.90 Å². The Morgan fingerprint density at radius 3 is 2.52 bits per heavy atom. The molecule has 21 heavy (non-hydrogen) atoms. The standard InChI is InChI=1S/C17H14FNO2/c18-14-8-5-13(6-9-14)16(20)11-19-15-4-2-1-3-12(15)7-10-17(19)21/h1-6,8-9H,7,10-11H2. The first-order valence-corrected chi connectivity index (χ1v) is 6.82. The Bertz CT molecular complexity index is 694. The van der Waals surface area contributed by atoms with Gasteiger partial charge in [-0.05, 0) is 42.3 Å². The van der Waals surface area contributed by atoms with Crippen molar-refractivity contribution in [3.8, 4) is 0 Å². The number of ketones is 1. The molecule has 0 fully saturated rings. The van der Waals surface area contributed by atoms with Crippen LogP contribution in [0.5, 0.6) is 0 Å². The highest BCUT2D eigenvalue weighted by Crippen LogP contribution is 2.27. The molecule has 2 aromatic carbocycles. The number of hydrogen-bond donors (Lipinski definition) is 0. The van der Waals surface area contributed by atoms with E-state index in [0.717, 1.165) is 11.3 Å². The molecule has 0 aromatic heterocycles. The Balaban J connectivity index is 1.85. The van der Waals surface area contributed by atoms with Crippen LogP contribution in [0.3, 0.4) is 0 Å². The lowest BCUT2D eigenvalue weighted by atomic mass is 10.0. The average Bonchev–Trinajstić information content (AvgIpc) is 2.51. The van der Waals surface area contributed by atoms with E-state index in [1.807, 2.05) is 24.3 Å². The molecule has 0 saturated heterocycles. The number of benzene rings is 2. The van der Waals surface area contributed by atoms with Crippen LogP contribution in [0.15, 0.2) is 48.5 Å². The zero-order chi connectivity index (χ0) is 14.8. The molecule has 1 aliphatic rings. The largest absolute Gasteiger partial charge is 0.304 e. The fraction of sp³-hybridized carbons (Fsp3) is 0.176. The summed E-state index contributed by atoms with van der Waals surface area (Å²) >= 11 is 0. The molecule has 106 valence electrons. The van der Waals surface area contributed by atoms with Crippen LogP contribution in [0.1, 0.15) is 22.3 Å².